The zero-order valence-corrected chi connectivity index (χ0v) is 14.8. The maximum absolute atomic E-state index is 12.5. The fourth-order valence-electron chi connectivity index (χ4n) is 2.35. The van der Waals surface area contributed by atoms with E-state index in [0.717, 1.165) is 0 Å². The van der Waals surface area contributed by atoms with Gasteiger partial charge in [-0.05, 0) is 13.8 Å². The molecule has 0 spiro atoms. The number of Topliss-reactive ketones (excluding diaryl/α,β-unsaturated/α-hetero) is 1. The third kappa shape index (κ3) is 4.91. The monoisotopic (exact) mass is 385 g/mol. The third-order valence-electron chi connectivity index (χ3n) is 3.53. The van der Waals surface area contributed by atoms with Crippen LogP contribution < -0.4 is 16.4 Å². The number of ether oxygens (including phenoxy) is 1. The van der Waals surface area contributed by atoms with Crippen LogP contribution in [0.1, 0.15) is 24.2 Å². The van der Waals surface area contributed by atoms with Crippen LogP contribution >= 0.6 is 0 Å². The predicted molar refractivity (Wildman–Crippen MR) is 99.8 cm³/mol. The van der Waals surface area contributed by atoms with Gasteiger partial charge in [0.2, 0.25) is 5.82 Å². The number of nitrogen functional groups attached to an aromatic ring is 1. The van der Waals surface area contributed by atoms with Gasteiger partial charge in [-0.2, -0.15) is 0 Å². The molecule has 0 aliphatic rings. The highest BCUT2D eigenvalue weighted by molar-refractivity contribution is 6.01. The van der Waals surface area contributed by atoms with Crippen LogP contribution in [0.4, 0.5) is 27.8 Å². The Balaban J connectivity index is 2.32. The number of amides is 1. The molecule has 142 valence electrons. The molecule has 1 heterocycles. The molecular formula is C17H19N5O5. The number of hydrogen-bond acceptors (Lipinski definition) is 8. The molecule has 0 bridgehead atoms. The van der Waals surface area contributed by atoms with Gasteiger partial charge in [0.05, 0.1) is 17.6 Å². The molecule has 0 fully saturated rings. The first kappa shape index (κ1) is 19.6. The number of pyridine rings is 1. The van der Waals surface area contributed by atoms with Crippen molar-refractivity contribution >= 4 is 34.9 Å². The molecule has 0 unspecified atom stereocenters. The molecular weight excluding hydrogens is 366 g/mol. The molecule has 2 rings (SSSR count). The average molecular weight is 385 g/mol. The van der Waals surface area contributed by atoms with Crippen LogP contribution in [0.3, 0.4) is 0 Å². The Hall–Kier alpha value is -3.69. The van der Waals surface area contributed by atoms with Gasteiger partial charge in [0.1, 0.15) is 11.5 Å². The van der Waals surface area contributed by atoms with E-state index in [0.29, 0.717) is 5.56 Å². The number of carbonyl (C=O) groups is 2. The molecule has 10 heteroatoms. The lowest BCUT2D eigenvalue weighted by molar-refractivity contribution is -0.383. The molecule has 27 heavy (non-hydrogen) atoms. The zero-order chi connectivity index (χ0) is 20.0. The number of nitro groups is 1. The molecule has 0 aliphatic heterocycles. The third-order valence-corrected chi connectivity index (χ3v) is 3.53. The Bertz CT molecular complexity index is 856. The summed E-state index contributed by atoms with van der Waals surface area (Å²) in [5, 5.41) is 16.4. The second-order valence-electron chi connectivity index (χ2n) is 5.49. The summed E-state index contributed by atoms with van der Waals surface area (Å²) >= 11 is 0. The molecule has 1 aromatic heterocycles. The molecule has 0 radical (unpaired) electrons. The van der Waals surface area contributed by atoms with Crippen molar-refractivity contribution in [1.82, 2.24) is 4.98 Å². The van der Waals surface area contributed by atoms with Crippen LogP contribution in [0.5, 0.6) is 0 Å². The normalized spacial score (nSPS) is 11.3. The number of carbonyl (C=O) groups excluding carboxylic acids is 2. The van der Waals surface area contributed by atoms with Crippen molar-refractivity contribution in [1.29, 1.82) is 0 Å². The Kier molecular flexibility index (Phi) is 6.26. The number of hydrogen-bond donors (Lipinski definition) is 3. The fourth-order valence-corrected chi connectivity index (χ4v) is 2.35. The fraction of sp³-hybridized carbons (Fsp3) is 0.235. The number of benzene rings is 1. The highest BCUT2D eigenvalue weighted by atomic mass is 16.6. The summed E-state index contributed by atoms with van der Waals surface area (Å²) < 4.78 is 4.74. The standard InChI is InChI=1S/C17H19N5O5/c1-3-27-17(24)21-13-9-12(14(22(25)26)16(18)20-13)19-10(2)15(23)11-7-5-4-6-8-11/h4-10H,3H2,1-2H3,(H4,18,19,20,21,24)/t10-/m0/s1/i4+2,5+2,6+2,7+2,8+2,11+2. The first-order valence-corrected chi connectivity index (χ1v) is 8.08. The first-order valence-electron chi connectivity index (χ1n) is 8.08. The van der Waals surface area contributed by atoms with Crippen LogP contribution in [-0.2, 0) is 4.74 Å². The Morgan fingerprint density at radius 3 is 2.67 bits per heavy atom. The van der Waals surface area contributed by atoms with Gasteiger partial charge in [-0.3, -0.25) is 20.2 Å². The second kappa shape index (κ2) is 8.61. The minimum atomic E-state index is -0.789. The van der Waals surface area contributed by atoms with E-state index in [9.17, 15) is 19.7 Å². The van der Waals surface area contributed by atoms with Crippen LogP contribution in [-0.4, -0.2) is 34.4 Å². The summed E-state index contributed by atoms with van der Waals surface area (Å²) in [6.07, 6.45) is -0.780. The van der Waals surface area contributed by atoms with Crippen molar-refractivity contribution in [3.05, 3.63) is 52.1 Å². The van der Waals surface area contributed by atoms with E-state index in [-0.39, 0.29) is 23.9 Å². The van der Waals surface area contributed by atoms with Crippen LogP contribution in [0.15, 0.2) is 36.4 Å². The van der Waals surface area contributed by atoms with Crippen molar-refractivity contribution < 1.29 is 19.2 Å². The van der Waals surface area contributed by atoms with Crippen molar-refractivity contribution in [2.75, 3.05) is 23.0 Å². The largest absolute Gasteiger partial charge is 0.450 e. The van der Waals surface area contributed by atoms with Crippen LogP contribution in [0.25, 0.3) is 0 Å². The molecule has 2 aromatic rings. The molecule has 10 nitrogen and oxygen atoms in total. The molecule has 1 aromatic carbocycles. The van der Waals surface area contributed by atoms with Gasteiger partial charge in [-0.15, -0.1) is 0 Å². The number of aromatic nitrogens is 1. The Labute approximate surface area is 154 Å². The van der Waals surface area contributed by atoms with Crippen molar-refractivity contribution in [3.8, 4) is 0 Å². The van der Waals surface area contributed by atoms with Gasteiger partial charge in [-0.1, -0.05) is 30.3 Å². The number of nitrogens with two attached hydrogens (primary N) is 1. The number of rotatable bonds is 7. The maximum atomic E-state index is 12.5. The summed E-state index contributed by atoms with van der Waals surface area (Å²) in [6.45, 7) is 3.33. The topological polar surface area (TPSA) is 149 Å². The smallest absolute Gasteiger partial charge is 0.412 e. The number of anilines is 3. The lowest BCUT2D eigenvalue weighted by atomic mass is 10.2. The molecule has 0 saturated heterocycles. The van der Waals surface area contributed by atoms with E-state index >= 15 is 0 Å². The minimum Gasteiger partial charge on any atom is -0.450 e. The molecule has 1 atom stereocenters. The molecule has 4 N–H and O–H groups in total. The highest BCUT2D eigenvalue weighted by Gasteiger charge is 2.25. The van der Waals surface area contributed by atoms with Crippen LogP contribution in [0, 0.1) is 10.1 Å². The lowest BCUT2D eigenvalue weighted by Crippen LogP contribution is -2.27. The van der Waals surface area contributed by atoms with Gasteiger partial charge in [0.25, 0.3) is 0 Å². The summed E-state index contributed by atoms with van der Waals surface area (Å²) in [5.74, 6) is -0.713. The lowest BCUT2D eigenvalue weighted by Gasteiger charge is -2.16. The van der Waals surface area contributed by atoms with E-state index in [2.05, 4.69) is 15.6 Å². The Morgan fingerprint density at radius 1 is 1.41 bits per heavy atom. The second-order valence-corrected chi connectivity index (χ2v) is 5.49. The van der Waals surface area contributed by atoms with Gasteiger partial charge in [0, 0.05) is 11.6 Å². The van der Waals surface area contributed by atoms with E-state index in [1.165, 1.54) is 6.07 Å². The van der Waals surface area contributed by atoms with Gasteiger partial charge in [-0.25, -0.2) is 9.78 Å². The minimum absolute atomic E-state index is 0.0431. The summed E-state index contributed by atoms with van der Waals surface area (Å²) in [4.78, 5) is 38.5. The highest BCUT2D eigenvalue weighted by Crippen LogP contribution is 2.32. The number of ketones is 1. The summed E-state index contributed by atoms with van der Waals surface area (Å²) in [6, 6.07) is 8.93. The number of nitrogens with zero attached hydrogens (tertiary/aromatic N) is 2. The predicted octanol–water partition coefficient (Wildman–Crippen LogP) is 2.82. The summed E-state index contributed by atoms with van der Waals surface area (Å²) in [5.41, 5.74) is 5.58. The summed E-state index contributed by atoms with van der Waals surface area (Å²) in [7, 11) is 0. The van der Waals surface area contributed by atoms with E-state index in [4.69, 9.17) is 10.5 Å². The van der Waals surface area contributed by atoms with Gasteiger partial charge >= 0.3 is 11.8 Å². The molecule has 1 amide bonds. The maximum Gasteiger partial charge on any atom is 0.412 e. The van der Waals surface area contributed by atoms with Crippen molar-refractivity contribution in [2.24, 2.45) is 0 Å². The van der Waals surface area contributed by atoms with Gasteiger partial charge in [0.15, 0.2) is 5.78 Å². The molecule has 0 aliphatic carbocycles. The first-order chi connectivity index (χ1) is 12.8. The SMILES string of the molecule is CCOC(=O)Nc1cc(N[C@@H](C)C(=O)[14c]2[14cH][14cH][14cH][14cH][14cH]2)c([N+](=O)[O-])c(N)n1. The molecule has 0 saturated carbocycles. The van der Waals surface area contributed by atoms with E-state index in [1.54, 1.807) is 44.2 Å². The van der Waals surface area contributed by atoms with Crippen LogP contribution in [0.2, 0.25) is 0 Å². The number of nitrogens with one attached hydrogen (secondary N) is 2. The van der Waals surface area contributed by atoms with Crippen molar-refractivity contribution in [2.45, 2.75) is 19.9 Å². The van der Waals surface area contributed by atoms with Crippen molar-refractivity contribution in [3.63, 3.8) is 0 Å². The Morgan fingerprint density at radius 2 is 2.07 bits per heavy atom. The average Bonchev–Trinajstić information content (AvgIpc) is 2.61. The van der Waals surface area contributed by atoms with Gasteiger partial charge < -0.3 is 15.8 Å². The van der Waals surface area contributed by atoms with E-state index in [1.807, 2.05) is 0 Å². The zero-order valence-electron chi connectivity index (χ0n) is 14.8. The van der Waals surface area contributed by atoms with E-state index < -0.39 is 28.6 Å². The quantitative estimate of drug-likeness (QED) is 0.374.